The van der Waals surface area contributed by atoms with Gasteiger partial charge in [-0.15, -0.1) is 11.3 Å². The normalized spacial score (nSPS) is 11.7. The van der Waals surface area contributed by atoms with Gasteiger partial charge in [-0.3, -0.25) is 4.79 Å². The average molecular weight is 354 g/mol. The summed E-state index contributed by atoms with van der Waals surface area (Å²) < 4.78 is 52.1. The second kappa shape index (κ2) is 5.86. The maximum Gasteiger partial charge on any atom is 0.419 e. The zero-order valence-electron chi connectivity index (χ0n) is 12.2. The van der Waals surface area contributed by atoms with E-state index in [1.807, 2.05) is 6.92 Å². The Morgan fingerprint density at radius 1 is 1.17 bits per heavy atom. The predicted molar refractivity (Wildman–Crippen MR) is 83.7 cm³/mol. The molecule has 0 spiro atoms. The molecule has 1 amide bonds. The van der Waals surface area contributed by atoms with E-state index in [0.29, 0.717) is 23.3 Å². The molecule has 1 aromatic heterocycles. The molecule has 1 N–H and O–H groups in total. The van der Waals surface area contributed by atoms with Gasteiger partial charge in [0.25, 0.3) is 5.91 Å². The summed E-state index contributed by atoms with van der Waals surface area (Å²) in [5.74, 6) is -2.19. The predicted octanol–water partition coefficient (Wildman–Crippen LogP) is 5.01. The number of nitrogens with one attached hydrogen (secondary N) is 1. The standard InChI is InChI=1S/C16H10F4N2OS/c1-8-21-13-7-10(3-5-14(13)24-8)22-15(23)9-2-4-11(12(17)6-9)16(18,19)20/h2-7H,1H3,(H,22,23). The van der Waals surface area contributed by atoms with Crippen LogP contribution >= 0.6 is 11.3 Å². The number of thiazole rings is 1. The molecule has 1 heterocycles. The highest BCUT2D eigenvalue weighted by Gasteiger charge is 2.34. The highest BCUT2D eigenvalue weighted by atomic mass is 32.1. The Labute approximate surface area is 137 Å². The molecular formula is C16H10F4N2OS. The van der Waals surface area contributed by atoms with Crippen molar-refractivity contribution in [3.8, 4) is 0 Å². The molecule has 2 aromatic carbocycles. The zero-order valence-corrected chi connectivity index (χ0v) is 13.1. The van der Waals surface area contributed by atoms with E-state index in [2.05, 4.69) is 10.3 Å². The van der Waals surface area contributed by atoms with Crippen molar-refractivity contribution < 1.29 is 22.4 Å². The third-order valence-corrected chi connectivity index (χ3v) is 4.24. The number of hydrogen-bond donors (Lipinski definition) is 1. The van der Waals surface area contributed by atoms with E-state index in [1.54, 1.807) is 18.2 Å². The monoisotopic (exact) mass is 354 g/mol. The van der Waals surface area contributed by atoms with Crippen LogP contribution in [0.25, 0.3) is 10.2 Å². The molecule has 3 rings (SSSR count). The van der Waals surface area contributed by atoms with Gasteiger partial charge >= 0.3 is 6.18 Å². The first kappa shape index (κ1) is 16.4. The lowest BCUT2D eigenvalue weighted by atomic mass is 10.1. The van der Waals surface area contributed by atoms with Crippen LogP contribution in [0.1, 0.15) is 20.9 Å². The van der Waals surface area contributed by atoms with Crippen LogP contribution in [0, 0.1) is 12.7 Å². The minimum atomic E-state index is -4.80. The van der Waals surface area contributed by atoms with Crippen LogP contribution in [-0.4, -0.2) is 10.9 Å². The second-order valence-corrected chi connectivity index (χ2v) is 6.30. The molecule has 0 fully saturated rings. The van der Waals surface area contributed by atoms with Gasteiger partial charge in [-0.1, -0.05) is 0 Å². The van der Waals surface area contributed by atoms with Crippen LogP contribution in [0.4, 0.5) is 23.2 Å². The first-order chi connectivity index (χ1) is 11.2. The lowest BCUT2D eigenvalue weighted by Crippen LogP contribution is -2.14. The number of nitrogens with zero attached hydrogens (tertiary/aromatic N) is 1. The van der Waals surface area contributed by atoms with Crippen molar-refractivity contribution in [1.29, 1.82) is 0 Å². The summed E-state index contributed by atoms with van der Waals surface area (Å²) in [4.78, 5) is 16.4. The molecule has 0 bridgehead atoms. The van der Waals surface area contributed by atoms with Crippen LogP contribution in [0.2, 0.25) is 0 Å². The summed E-state index contributed by atoms with van der Waals surface area (Å²) in [5.41, 5.74) is -0.472. The Hall–Kier alpha value is -2.48. The third-order valence-electron chi connectivity index (χ3n) is 3.29. The molecule has 3 nitrogen and oxygen atoms in total. The lowest BCUT2D eigenvalue weighted by Gasteiger charge is -2.10. The molecule has 0 radical (unpaired) electrons. The maximum absolute atomic E-state index is 13.5. The maximum atomic E-state index is 13.5. The lowest BCUT2D eigenvalue weighted by molar-refractivity contribution is -0.140. The van der Waals surface area contributed by atoms with E-state index in [4.69, 9.17) is 0 Å². The summed E-state index contributed by atoms with van der Waals surface area (Å²) in [6.07, 6.45) is -4.80. The smallest absolute Gasteiger partial charge is 0.322 e. The molecule has 124 valence electrons. The number of anilines is 1. The fourth-order valence-electron chi connectivity index (χ4n) is 2.21. The zero-order chi connectivity index (χ0) is 17.5. The Morgan fingerprint density at radius 3 is 2.58 bits per heavy atom. The third kappa shape index (κ3) is 3.23. The van der Waals surface area contributed by atoms with Gasteiger partial charge in [0, 0.05) is 11.3 Å². The topological polar surface area (TPSA) is 42.0 Å². The van der Waals surface area contributed by atoms with Crippen molar-refractivity contribution in [3.63, 3.8) is 0 Å². The number of amides is 1. The van der Waals surface area contributed by atoms with Crippen molar-refractivity contribution in [2.24, 2.45) is 0 Å². The van der Waals surface area contributed by atoms with Crippen LogP contribution < -0.4 is 5.32 Å². The van der Waals surface area contributed by atoms with Crippen LogP contribution in [0.3, 0.4) is 0 Å². The van der Waals surface area contributed by atoms with Crippen molar-refractivity contribution >= 4 is 33.1 Å². The largest absolute Gasteiger partial charge is 0.419 e. The average Bonchev–Trinajstić information content (AvgIpc) is 2.85. The number of benzene rings is 2. The van der Waals surface area contributed by atoms with Crippen molar-refractivity contribution in [2.45, 2.75) is 13.1 Å². The molecule has 0 unspecified atom stereocenters. The molecule has 0 aliphatic heterocycles. The summed E-state index contributed by atoms with van der Waals surface area (Å²) >= 11 is 1.50. The van der Waals surface area contributed by atoms with Crippen LogP contribution in [-0.2, 0) is 6.18 Å². The molecule has 0 saturated heterocycles. The Kier molecular flexibility index (Phi) is 4.00. The number of aryl methyl sites for hydroxylation is 1. The van der Waals surface area contributed by atoms with Gasteiger partial charge < -0.3 is 5.32 Å². The SMILES string of the molecule is Cc1nc2cc(NC(=O)c3ccc(C(F)(F)F)c(F)c3)ccc2s1. The number of halogens is 4. The molecular weight excluding hydrogens is 344 g/mol. The van der Waals surface area contributed by atoms with E-state index in [-0.39, 0.29) is 5.56 Å². The molecule has 3 aromatic rings. The summed E-state index contributed by atoms with van der Waals surface area (Å²) in [7, 11) is 0. The van der Waals surface area contributed by atoms with Gasteiger partial charge in [-0.05, 0) is 43.3 Å². The number of carbonyl (C=O) groups is 1. The summed E-state index contributed by atoms with van der Waals surface area (Å²) in [6, 6.07) is 7.14. The first-order valence-electron chi connectivity index (χ1n) is 6.79. The fraction of sp³-hybridized carbons (Fsp3) is 0.125. The number of carbonyl (C=O) groups excluding carboxylic acids is 1. The number of aromatic nitrogens is 1. The van der Waals surface area contributed by atoms with Crippen LogP contribution in [0.15, 0.2) is 36.4 Å². The van der Waals surface area contributed by atoms with Gasteiger partial charge in [0.15, 0.2) is 0 Å². The fourth-order valence-corrected chi connectivity index (χ4v) is 3.02. The van der Waals surface area contributed by atoms with Crippen LogP contribution in [0.5, 0.6) is 0 Å². The highest BCUT2D eigenvalue weighted by molar-refractivity contribution is 7.18. The first-order valence-corrected chi connectivity index (χ1v) is 7.61. The van der Waals surface area contributed by atoms with E-state index in [0.717, 1.165) is 15.8 Å². The van der Waals surface area contributed by atoms with E-state index in [1.165, 1.54) is 11.3 Å². The van der Waals surface area contributed by atoms with Crippen molar-refractivity contribution in [2.75, 3.05) is 5.32 Å². The molecule has 0 saturated carbocycles. The number of alkyl halides is 3. The Balaban J connectivity index is 1.84. The summed E-state index contributed by atoms with van der Waals surface area (Å²) in [6.45, 7) is 1.86. The number of fused-ring (bicyclic) bond motifs is 1. The molecule has 0 aliphatic rings. The van der Waals surface area contributed by atoms with Crippen molar-refractivity contribution in [3.05, 3.63) is 58.3 Å². The van der Waals surface area contributed by atoms with Gasteiger partial charge in [0.1, 0.15) is 5.82 Å². The molecule has 24 heavy (non-hydrogen) atoms. The minimum absolute atomic E-state index is 0.199. The minimum Gasteiger partial charge on any atom is -0.322 e. The van der Waals surface area contributed by atoms with E-state index >= 15 is 0 Å². The quantitative estimate of drug-likeness (QED) is 0.657. The Morgan fingerprint density at radius 2 is 1.92 bits per heavy atom. The van der Waals surface area contributed by atoms with Gasteiger partial charge in [0.2, 0.25) is 0 Å². The molecule has 0 atom stereocenters. The highest BCUT2D eigenvalue weighted by Crippen LogP contribution is 2.31. The van der Waals surface area contributed by atoms with E-state index in [9.17, 15) is 22.4 Å². The van der Waals surface area contributed by atoms with Crippen molar-refractivity contribution in [1.82, 2.24) is 4.98 Å². The Bertz CT molecular complexity index is 933. The molecule has 8 heteroatoms. The summed E-state index contributed by atoms with van der Waals surface area (Å²) in [5, 5.41) is 3.40. The van der Waals surface area contributed by atoms with Gasteiger partial charge in [-0.2, -0.15) is 13.2 Å². The van der Waals surface area contributed by atoms with E-state index < -0.39 is 23.5 Å². The number of hydrogen-bond acceptors (Lipinski definition) is 3. The van der Waals surface area contributed by atoms with Gasteiger partial charge in [0.05, 0.1) is 20.8 Å². The number of rotatable bonds is 2. The second-order valence-electron chi connectivity index (χ2n) is 5.06. The van der Waals surface area contributed by atoms with Gasteiger partial charge in [-0.25, -0.2) is 9.37 Å². The molecule has 0 aliphatic carbocycles.